The number of amides is 2. The Bertz CT molecular complexity index is 1080. The molecule has 158 valence electrons. The van der Waals surface area contributed by atoms with Gasteiger partial charge in [0.1, 0.15) is 5.75 Å². The van der Waals surface area contributed by atoms with Gasteiger partial charge in [0, 0.05) is 24.2 Å². The molecule has 0 atom stereocenters. The van der Waals surface area contributed by atoms with Crippen LogP contribution in [0.4, 0.5) is 0 Å². The van der Waals surface area contributed by atoms with Gasteiger partial charge in [-0.25, -0.2) is 5.48 Å². The maximum atomic E-state index is 12.9. The second-order valence-corrected chi connectivity index (χ2v) is 7.56. The molecule has 0 saturated carbocycles. The third-order valence-corrected chi connectivity index (χ3v) is 5.65. The van der Waals surface area contributed by atoms with Gasteiger partial charge >= 0.3 is 0 Å². The molecule has 2 N–H and O–H groups in total. The molecule has 0 aromatic heterocycles. The summed E-state index contributed by atoms with van der Waals surface area (Å²) in [5.41, 5.74) is 7.07. The topological polar surface area (TPSA) is 78.9 Å². The lowest BCUT2D eigenvalue weighted by Gasteiger charge is -2.30. The first-order chi connectivity index (χ1) is 15.1. The quantitative estimate of drug-likeness (QED) is 0.492. The number of ether oxygens (including phenoxy) is 1. The van der Waals surface area contributed by atoms with Gasteiger partial charge in [0.15, 0.2) is 0 Å². The molecule has 2 amide bonds. The zero-order valence-corrected chi connectivity index (χ0v) is 17.3. The molecule has 3 aromatic carbocycles. The summed E-state index contributed by atoms with van der Waals surface area (Å²) in [7, 11) is 1.53. The standard InChI is InChI=1S/C25H24N2O4/c1-31-23-15-21(25(29)26-30)14-20-11-12-27(16-22(20)23)24(28)13-17-7-9-19(10-8-17)18-5-3-2-4-6-18/h2-10,14-15,30H,11-13,16H2,1H3,(H,26,29). The summed E-state index contributed by atoms with van der Waals surface area (Å²) in [6.07, 6.45) is 0.953. The molecule has 0 spiro atoms. The highest BCUT2D eigenvalue weighted by molar-refractivity contribution is 5.94. The third kappa shape index (κ3) is 4.44. The van der Waals surface area contributed by atoms with E-state index in [1.165, 1.54) is 7.11 Å². The minimum Gasteiger partial charge on any atom is -0.496 e. The van der Waals surface area contributed by atoms with Crippen LogP contribution in [0.5, 0.6) is 5.75 Å². The van der Waals surface area contributed by atoms with Crippen molar-refractivity contribution in [3.63, 3.8) is 0 Å². The van der Waals surface area contributed by atoms with E-state index in [-0.39, 0.29) is 5.91 Å². The number of nitrogens with one attached hydrogen (secondary N) is 1. The van der Waals surface area contributed by atoms with Gasteiger partial charge in [-0.1, -0.05) is 54.6 Å². The van der Waals surface area contributed by atoms with Gasteiger partial charge in [0.25, 0.3) is 5.91 Å². The van der Waals surface area contributed by atoms with Crippen LogP contribution in [0.25, 0.3) is 11.1 Å². The van der Waals surface area contributed by atoms with Crippen LogP contribution in [-0.2, 0) is 24.2 Å². The van der Waals surface area contributed by atoms with E-state index in [1.807, 2.05) is 47.4 Å². The first-order valence-electron chi connectivity index (χ1n) is 10.2. The van der Waals surface area contributed by atoms with E-state index in [2.05, 4.69) is 12.1 Å². The van der Waals surface area contributed by atoms with E-state index in [0.29, 0.717) is 37.2 Å². The molecule has 0 saturated heterocycles. The van der Waals surface area contributed by atoms with E-state index in [1.54, 1.807) is 17.6 Å². The number of carbonyl (C=O) groups excluding carboxylic acids is 2. The van der Waals surface area contributed by atoms with Crippen LogP contribution in [0, 0.1) is 0 Å². The molecule has 0 unspecified atom stereocenters. The van der Waals surface area contributed by atoms with Gasteiger partial charge < -0.3 is 9.64 Å². The molecule has 0 radical (unpaired) electrons. The van der Waals surface area contributed by atoms with Crippen molar-refractivity contribution in [2.45, 2.75) is 19.4 Å². The van der Waals surface area contributed by atoms with Crippen LogP contribution < -0.4 is 10.2 Å². The second-order valence-electron chi connectivity index (χ2n) is 7.56. The number of hydrogen-bond acceptors (Lipinski definition) is 4. The lowest BCUT2D eigenvalue weighted by Crippen LogP contribution is -2.37. The first-order valence-corrected chi connectivity index (χ1v) is 10.2. The Kier molecular flexibility index (Phi) is 6.00. The SMILES string of the molecule is COc1cc(C(=O)NO)cc2c1CN(C(=O)Cc1ccc(-c3ccccc3)cc1)CC2. The molecule has 6 nitrogen and oxygen atoms in total. The monoisotopic (exact) mass is 416 g/mol. The number of hydroxylamine groups is 1. The first kappa shape index (κ1) is 20.6. The zero-order valence-electron chi connectivity index (χ0n) is 17.3. The van der Waals surface area contributed by atoms with Crippen molar-refractivity contribution in [3.05, 3.63) is 89.0 Å². The van der Waals surface area contributed by atoms with E-state index in [4.69, 9.17) is 9.94 Å². The molecular weight excluding hydrogens is 392 g/mol. The minimum absolute atomic E-state index is 0.0531. The average molecular weight is 416 g/mol. The fourth-order valence-corrected chi connectivity index (χ4v) is 3.95. The Morgan fingerprint density at radius 1 is 1.03 bits per heavy atom. The van der Waals surface area contributed by atoms with Crippen molar-refractivity contribution in [1.82, 2.24) is 10.4 Å². The van der Waals surface area contributed by atoms with Crippen molar-refractivity contribution >= 4 is 11.8 Å². The van der Waals surface area contributed by atoms with Gasteiger partial charge in [0.2, 0.25) is 5.91 Å². The predicted molar refractivity (Wildman–Crippen MR) is 117 cm³/mol. The number of nitrogens with zero attached hydrogens (tertiary/aromatic N) is 1. The predicted octanol–water partition coefficient (Wildman–Crippen LogP) is 3.61. The van der Waals surface area contributed by atoms with Crippen molar-refractivity contribution in [3.8, 4) is 16.9 Å². The average Bonchev–Trinajstić information content (AvgIpc) is 2.83. The summed E-state index contributed by atoms with van der Waals surface area (Å²) < 4.78 is 5.45. The van der Waals surface area contributed by atoms with E-state index in [9.17, 15) is 9.59 Å². The molecule has 0 bridgehead atoms. The van der Waals surface area contributed by atoms with Crippen molar-refractivity contribution in [2.75, 3.05) is 13.7 Å². The summed E-state index contributed by atoms with van der Waals surface area (Å²) in [4.78, 5) is 26.5. The molecule has 1 heterocycles. The summed E-state index contributed by atoms with van der Waals surface area (Å²) in [5, 5.41) is 8.90. The van der Waals surface area contributed by atoms with Crippen LogP contribution in [-0.4, -0.2) is 35.6 Å². The molecule has 31 heavy (non-hydrogen) atoms. The highest BCUT2D eigenvalue weighted by atomic mass is 16.5. The molecule has 1 aliphatic rings. The van der Waals surface area contributed by atoms with Crippen LogP contribution in [0.2, 0.25) is 0 Å². The Morgan fingerprint density at radius 3 is 2.42 bits per heavy atom. The van der Waals surface area contributed by atoms with Crippen LogP contribution >= 0.6 is 0 Å². The maximum Gasteiger partial charge on any atom is 0.274 e. The number of benzene rings is 3. The Hall–Kier alpha value is -3.64. The normalized spacial score (nSPS) is 12.8. The lowest BCUT2D eigenvalue weighted by molar-refractivity contribution is -0.131. The van der Waals surface area contributed by atoms with E-state index in [0.717, 1.165) is 27.8 Å². The summed E-state index contributed by atoms with van der Waals surface area (Å²) in [5.74, 6) is 0.0108. The second kappa shape index (κ2) is 9.02. The van der Waals surface area contributed by atoms with Gasteiger partial charge in [-0.15, -0.1) is 0 Å². The molecule has 1 aliphatic heterocycles. The number of hydrogen-bond donors (Lipinski definition) is 2. The van der Waals surface area contributed by atoms with Gasteiger partial charge in [-0.2, -0.15) is 0 Å². The Labute approximate surface area is 181 Å². The van der Waals surface area contributed by atoms with Gasteiger partial charge in [-0.05, 0) is 40.8 Å². The molecule has 0 aliphatic carbocycles. The fourth-order valence-electron chi connectivity index (χ4n) is 3.95. The minimum atomic E-state index is -0.585. The van der Waals surface area contributed by atoms with Gasteiger partial charge in [0.05, 0.1) is 13.5 Å². The number of rotatable bonds is 5. The van der Waals surface area contributed by atoms with Gasteiger partial charge in [-0.3, -0.25) is 14.8 Å². The summed E-state index contributed by atoms with van der Waals surface area (Å²) in [6, 6.07) is 21.5. The highest BCUT2D eigenvalue weighted by Crippen LogP contribution is 2.30. The summed E-state index contributed by atoms with van der Waals surface area (Å²) in [6.45, 7) is 1.00. The third-order valence-electron chi connectivity index (χ3n) is 5.65. The Morgan fingerprint density at radius 2 is 1.74 bits per heavy atom. The van der Waals surface area contributed by atoms with Crippen LogP contribution in [0.15, 0.2) is 66.7 Å². The Balaban J connectivity index is 1.47. The molecular formula is C25H24N2O4. The van der Waals surface area contributed by atoms with Crippen molar-refractivity contribution in [1.29, 1.82) is 0 Å². The fraction of sp³-hybridized carbons (Fsp3) is 0.200. The maximum absolute atomic E-state index is 12.9. The summed E-state index contributed by atoms with van der Waals surface area (Å²) >= 11 is 0. The molecule has 3 aromatic rings. The lowest BCUT2D eigenvalue weighted by atomic mass is 9.95. The number of fused-ring (bicyclic) bond motifs is 1. The van der Waals surface area contributed by atoms with E-state index >= 15 is 0 Å². The molecule has 6 heteroatoms. The van der Waals surface area contributed by atoms with Crippen LogP contribution in [0.3, 0.4) is 0 Å². The highest BCUT2D eigenvalue weighted by Gasteiger charge is 2.25. The number of carbonyl (C=O) groups is 2. The number of methoxy groups -OCH3 is 1. The smallest absolute Gasteiger partial charge is 0.274 e. The van der Waals surface area contributed by atoms with Crippen molar-refractivity contribution < 1.29 is 19.5 Å². The molecule has 0 fully saturated rings. The largest absolute Gasteiger partial charge is 0.496 e. The van der Waals surface area contributed by atoms with E-state index < -0.39 is 5.91 Å². The zero-order chi connectivity index (χ0) is 21.8. The molecule has 4 rings (SSSR count). The van der Waals surface area contributed by atoms with Crippen LogP contribution in [0.1, 0.15) is 27.0 Å². The van der Waals surface area contributed by atoms with Crippen molar-refractivity contribution in [2.24, 2.45) is 0 Å².